The molecule has 4 atom stereocenters. The number of benzene rings is 2. The third kappa shape index (κ3) is 4.37. The van der Waals surface area contributed by atoms with E-state index < -0.39 is 23.7 Å². The topological polar surface area (TPSA) is 49.3 Å². The average molecular weight is 450 g/mol. The second-order valence-corrected chi connectivity index (χ2v) is 9.42. The largest absolute Gasteiger partial charge is 0.480 e. The molecule has 1 heterocycles. The summed E-state index contributed by atoms with van der Waals surface area (Å²) in [4.78, 5) is 12.2. The van der Waals surface area contributed by atoms with Crippen LogP contribution in [0.3, 0.4) is 0 Å². The maximum absolute atomic E-state index is 15.1. The molecule has 1 aliphatic heterocycles. The van der Waals surface area contributed by atoms with Crippen LogP contribution in [-0.2, 0) is 4.79 Å². The Morgan fingerprint density at radius 1 is 1.03 bits per heavy atom. The first kappa shape index (κ1) is 21.6. The second-order valence-electron chi connectivity index (χ2n) is 8.57. The molecule has 3 nitrogen and oxygen atoms in total. The van der Waals surface area contributed by atoms with E-state index in [1.165, 1.54) is 38.2 Å². The van der Waals surface area contributed by atoms with Gasteiger partial charge in [-0.05, 0) is 41.7 Å². The minimum Gasteiger partial charge on any atom is -0.480 e. The molecule has 0 unspecified atom stereocenters. The summed E-state index contributed by atoms with van der Waals surface area (Å²) in [6, 6.07) is 11.4. The van der Waals surface area contributed by atoms with E-state index in [0.717, 1.165) is 12.0 Å². The molecule has 2 fully saturated rings. The zero-order chi connectivity index (χ0) is 21.3. The van der Waals surface area contributed by atoms with Crippen LogP contribution in [0.4, 0.5) is 4.39 Å². The smallest absolute Gasteiger partial charge is 0.321 e. The highest BCUT2D eigenvalue weighted by molar-refractivity contribution is 6.31. The molecule has 160 valence electrons. The Kier molecular flexibility index (Phi) is 6.66. The molecule has 0 radical (unpaired) electrons. The molecule has 0 spiro atoms. The Morgan fingerprint density at radius 2 is 1.73 bits per heavy atom. The number of carbonyl (C=O) groups is 1. The lowest BCUT2D eigenvalue weighted by Crippen LogP contribution is -2.38. The predicted molar refractivity (Wildman–Crippen MR) is 118 cm³/mol. The van der Waals surface area contributed by atoms with Crippen molar-refractivity contribution in [1.29, 1.82) is 0 Å². The summed E-state index contributed by atoms with van der Waals surface area (Å²) in [5.41, 5.74) is 1.33. The van der Waals surface area contributed by atoms with E-state index in [2.05, 4.69) is 5.32 Å². The van der Waals surface area contributed by atoms with Crippen molar-refractivity contribution < 1.29 is 14.3 Å². The van der Waals surface area contributed by atoms with Crippen molar-refractivity contribution in [1.82, 2.24) is 5.32 Å². The van der Waals surface area contributed by atoms with Crippen LogP contribution < -0.4 is 5.32 Å². The van der Waals surface area contributed by atoms with Gasteiger partial charge in [0.2, 0.25) is 0 Å². The Balaban J connectivity index is 1.77. The van der Waals surface area contributed by atoms with Gasteiger partial charge >= 0.3 is 5.97 Å². The number of carboxylic acids is 1. The minimum atomic E-state index is -0.968. The van der Waals surface area contributed by atoms with Crippen molar-refractivity contribution in [3.63, 3.8) is 0 Å². The molecular formula is C24H26Cl2FNO2. The number of aliphatic carboxylic acids is 1. The molecule has 6 heteroatoms. The lowest BCUT2D eigenvalue weighted by molar-refractivity contribution is -0.139. The third-order valence-electron chi connectivity index (χ3n) is 6.75. The van der Waals surface area contributed by atoms with Crippen LogP contribution in [0.5, 0.6) is 0 Å². The molecule has 1 saturated heterocycles. The van der Waals surface area contributed by atoms with Crippen molar-refractivity contribution in [3.05, 3.63) is 69.5 Å². The summed E-state index contributed by atoms with van der Waals surface area (Å²) in [6.45, 7) is 0. The summed E-state index contributed by atoms with van der Waals surface area (Å²) >= 11 is 12.2. The first-order valence-electron chi connectivity index (χ1n) is 10.6. The van der Waals surface area contributed by atoms with Gasteiger partial charge in [0.05, 0.1) is 5.02 Å². The van der Waals surface area contributed by atoms with E-state index in [1.807, 2.05) is 24.3 Å². The molecule has 0 amide bonds. The van der Waals surface area contributed by atoms with Gasteiger partial charge in [-0.2, -0.15) is 0 Å². The SMILES string of the molecule is O=C(O)[C@@H]1N[C@@H](CC2CCCCC2)[C@@H](c2ccc(Cl)cc2)[C@H]1c1cccc(Cl)c1F. The van der Waals surface area contributed by atoms with Crippen molar-refractivity contribution in [3.8, 4) is 0 Å². The van der Waals surface area contributed by atoms with E-state index in [-0.39, 0.29) is 17.0 Å². The quantitative estimate of drug-likeness (QED) is 0.555. The van der Waals surface area contributed by atoms with Gasteiger partial charge in [-0.25, -0.2) is 4.39 Å². The minimum absolute atomic E-state index is 0.0159. The standard InChI is InChI=1S/C24H26Cl2FNO2/c25-16-11-9-15(10-12-16)20-19(13-14-5-2-1-3-6-14)28-23(24(29)30)21(20)17-7-4-8-18(26)22(17)27/h4,7-12,14,19-21,23,28H,1-3,5-6,13H2,(H,29,30)/t19-,20+,21+,23+/m0/s1. The van der Waals surface area contributed by atoms with Crippen molar-refractivity contribution in [2.75, 3.05) is 0 Å². The lowest BCUT2D eigenvalue weighted by Gasteiger charge is -2.30. The summed E-state index contributed by atoms with van der Waals surface area (Å²) in [5, 5.41) is 14.0. The highest BCUT2D eigenvalue weighted by atomic mass is 35.5. The number of hydrogen-bond acceptors (Lipinski definition) is 2. The van der Waals surface area contributed by atoms with Crippen LogP contribution in [0.15, 0.2) is 42.5 Å². The highest BCUT2D eigenvalue weighted by Gasteiger charge is 2.49. The van der Waals surface area contributed by atoms with Crippen molar-refractivity contribution in [2.45, 2.75) is 62.4 Å². The summed E-state index contributed by atoms with van der Waals surface area (Å²) in [7, 11) is 0. The fourth-order valence-electron chi connectivity index (χ4n) is 5.39. The van der Waals surface area contributed by atoms with Gasteiger partial charge in [-0.3, -0.25) is 4.79 Å². The maximum Gasteiger partial charge on any atom is 0.321 e. The van der Waals surface area contributed by atoms with Gasteiger partial charge in [-0.1, -0.05) is 79.6 Å². The molecule has 4 rings (SSSR count). The molecule has 0 aromatic heterocycles. The Bertz CT molecular complexity index is 899. The van der Waals surface area contributed by atoms with E-state index in [1.54, 1.807) is 12.1 Å². The Hall–Kier alpha value is -1.62. The van der Waals surface area contributed by atoms with Gasteiger partial charge in [0, 0.05) is 22.9 Å². The first-order valence-corrected chi connectivity index (χ1v) is 11.4. The number of nitrogens with one attached hydrogen (secondary N) is 1. The first-order chi connectivity index (χ1) is 14.5. The number of rotatable bonds is 5. The van der Waals surface area contributed by atoms with Crippen LogP contribution in [0.25, 0.3) is 0 Å². The van der Waals surface area contributed by atoms with Gasteiger partial charge in [0.25, 0.3) is 0 Å². The molecule has 2 aliphatic rings. The highest BCUT2D eigenvalue weighted by Crippen LogP contribution is 2.47. The zero-order valence-corrected chi connectivity index (χ0v) is 18.2. The molecule has 2 aromatic rings. The molecule has 2 aromatic carbocycles. The van der Waals surface area contributed by atoms with E-state index in [4.69, 9.17) is 23.2 Å². The van der Waals surface area contributed by atoms with E-state index in [0.29, 0.717) is 16.5 Å². The molecular weight excluding hydrogens is 424 g/mol. The van der Waals surface area contributed by atoms with Crippen molar-refractivity contribution >= 4 is 29.2 Å². The van der Waals surface area contributed by atoms with Crippen LogP contribution >= 0.6 is 23.2 Å². The summed E-state index contributed by atoms with van der Waals surface area (Å²) < 4.78 is 15.1. The number of carboxylic acid groups (broad SMARTS) is 1. The Labute approximate surface area is 186 Å². The van der Waals surface area contributed by atoms with Crippen LogP contribution in [-0.4, -0.2) is 23.2 Å². The lowest BCUT2D eigenvalue weighted by atomic mass is 9.74. The monoisotopic (exact) mass is 449 g/mol. The van der Waals surface area contributed by atoms with Gasteiger partial charge in [-0.15, -0.1) is 0 Å². The van der Waals surface area contributed by atoms with E-state index in [9.17, 15) is 9.90 Å². The van der Waals surface area contributed by atoms with E-state index >= 15 is 4.39 Å². The zero-order valence-electron chi connectivity index (χ0n) is 16.7. The Morgan fingerprint density at radius 3 is 2.40 bits per heavy atom. The van der Waals surface area contributed by atoms with Crippen LogP contribution in [0.2, 0.25) is 10.0 Å². The number of hydrogen-bond donors (Lipinski definition) is 2. The van der Waals surface area contributed by atoms with Crippen molar-refractivity contribution in [2.24, 2.45) is 5.92 Å². The fraction of sp³-hybridized carbons (Fsp3) is 0.458. The van der Waals surface area contributed by atoms with Crippen LogP contribution in [0.1, 0.15) is 61.5 Å². The molecule has 2 N–H and O–H groups in total. The molecule has 1 aliphatic carbocycles. The molecule has 0 bridgehead atoms. The third-order valence-corrected chi connectivity index (χ3v) is 7.29. The van der Waals surface area contributed by atoms with Gasteiger partial charge in [0.1, 0.15) is 11.9 Å². The summed E-state index contributed by atoms with van der Waals surface area (Å²) in [5.74, 6) is -1.68. The maximum atomic E-state index is 15.1. The summed E-state index contributed by atoms with van der Waals surface area (Å²) in [6.07, 6.45) is 6.92. The molecule has 30 heavy (non-hydrogen) atoms. The second kappa shape index (κ2) is 9.25. The number of halogens is 3. The average Bonchev–Trinajstić information content (AvgIpc) is 3.10. The van der Waals surface area contributed by atoms with Gasteiger partial charge in [0.15, 0.2) is 0 Å². The van der Waals surface area contributed by atoms with Crippen LogP contribution in [0, 0.1) is 11.7 Å². The fourth-order valence-corrected chi connectivity index (χ4v) is 5.70. The normalized spacial score (nSPS) is 27.3. The molecule has 1 saturated carbocycles. The van der Waals surface area contributed by atoms with Gasteiger partial charge < -0.3 is 10.4 Å². The predicted octanol–water partition coefficient (Wildman–Crippen LogP) is 6.40.